The zero-order valence-corrected chi connectivity index (χ0v) is 12.4. The van der Waals surface area contributed by atoms with Gasteiger partial charge in [0.15, 0.2) is 0 Å². The van der Waals surface area contributed by atoms with E-state index in [4.69, 9.17) is 9.47 Å². The molecule has 112 valence electrons. The third-order valence-electron chi connectivity index (χ3n) is 3.46. The second kappa shape index (κ2) is 6.14. The van der Waals surface area contributed by atoms with Crippen molar-refractivity contribution in [2.75, 3.05) is 14.2 Å². The third kappa shape index (κ3) is 3.16. The van der Waals surface area contributed by atoms with Crippen LogP contribution < -0.4 is 9.47 Å². The van der Waals surface area contributed by atoms with Crippen LogP contribution in [0.15, 0.2) is 42.5 Å². The number of hydrogen-bond acceptors (Lipinski definition) is 3. The Morgan fingerprint density at radius 1 is 1.00 bits per heavy atom. The van der Waals surface area contributed by atoms with Crippen LogP contribution in [0.3, 0.4) is 0 Å². The van der Waals surface area contributed by atoms with Gasteiger partial charge in [0, 0.05) is 6.42 Å². The second-order valence-corrected chi connectivity index (χ2v) is 5.08. The van der Waals surface area contributed by atoms with Gasteiger partial charge < -0.3 is 14.6 Å². The monoisotopic (exact) mass is 290 g/mol. The molecule has 2 aromatic carbocycles. The average Bonchev–Trinajstić information content (AvgIpc) is 2.46. The van der Waals surface area contributed by atoms with Crippen LogP contribution in [0.25, 0.3) is 0 Å². The van der Waals surface area contributed by atoms with Crippen molar-refractivity contribution in [3.8, 4) is 11.5 Å². The molecule has 0 bridgehead atoms. The van der Waals surface area contributed by atoms with E-state index in [0.717, 1.165) is 5.56 Å². The zero-order valence-electron chi connectivity index (χ0n) is 12.4. The molecule has 3 nitrogen and oxygen atoms in total. The van der Waals surface area contributed by atoms with Crippen LogP contribution in [0.2, 0.25) is 0 Å². The van der Waals surface area contributed by atoms with Crippen LogP contribution in [-0.2, 0) is 12.0 Å². The van der Waals surface area contributed by atoms with E-state index in [1.165, 1.54) is 13.2 Å². The molecule has 0 aliphatic carbocycles. The lowest BCUT2D eigenvalue weighted by molar-refractivity contribution is 0.0504. The summed E-state index contributed by atoms with van der Waals surface area (Å²) in [5.41, 5.74) is -0.459. The fraction of sp³-hybridized carbons (Fsp3) is 0.294. The maximum atomic E-state index is 14.1. The molecule has 0 radical (unpaired) electrons. The highest BCUT2D eigenvalue weighted by atomic mass is 19.1. The molecule has 1 atom stereocenters. The first-order valence-electron chi connectivity index (χ1n) is 6.67. The molecule has 0 amide bonds. The number of hydrogen-bond donors (Lipinski definition) is 1. The van der Waals surface area contributed by atoms with Gasteiger partial charge in [-0.3, -0.25) is 0 Å². The first-order valence-corrected chi connectivity index (χ1v) is 6.67. The molecule has 2 aromatic rings. The van der Waals surface area contributed by atoms with Crippen molar-refractivity contribution >= 4 is 0 Å². The van der Waals surface area contributed by atoms with Crippen molar-refractivity contribution in [3.05, 3.63) is 59.4 Å². The second-order valence-electron chi connectivity index (χ2n) is 5.08. The van der Waals surface area contributed by atoms with Gasteiger partial charge in [-0.05, 0) is 30.7 Å². The fourth-order valence-corrected chi connectivity index (χ4v) is 2.51. The zero-order chi connectivity index (χ0) is 15.5. The first kappa shape index (κ1) is 15.3. The van der Waals surface area contributed by atoms with E-state index < -0.39 is 11.4 Å². The topological polar surface area (TPSA) is 38.7 Å². The van der Waals surface area contributed by atoms with Crippen LogP contribution in [0.1, 0.15) is 18.1 Å². The summed E-state index contributed by atoms with van der Waals surface area (Å²) >= 11 is 0. The lowest BCUT2D eigenvalue weighted by atomic mass is 9.87. The summed E-state index contributed by atoms with van der Waals surface area (Å²) in [7, 11) is 3.02. The first-order chi connectivity index (χ1) is 9.99. The van der Waals surface area contributed by atoms with Gasteiger partial charge in [-0.1, -0.05) is 24.3 Å². The quantitative estimate of drug-likeness (QED) is 0.918. The van der Waals surface area contributed by atoms with Crippen LogP contribution in [0.5, 0.6) is 11.5 Å². The standard InChI is InChI=1S/C17H19FO3/c1-17(19,11-12-7-4-5-9-14(12)20-2)16-13(18)8-6-10-15(16)21-3/h4-10,19H,11H2,1-3H3. The Labute approximate surface area is 124 Å². The molecule has 0 saturated heterocycles. The molecular weight excluding hydrogens is 271 g/mol. The summed E-state index contributed by atoms with van der Waals surface area (Å²) in [6.07, 6.45) is 0.217. The highest BCUT2D eigenvalue weighted by Crippen LogP contribution is 2.36. The Hall–Kier alpha value is -2.07. The molecule has 21 heavy (non-hydrogen) atoms. The van der Waals surface area contributed by atoms with Gasteiger partial charge in [0.05, 0.1) is 25.4 Å². The normalized spacial score (nSPS) is 13.6. The maximum absolute atomic E-state index is 14.1. The molecular formula is C17H19FO3. The molecule has 0 heterocycles. The summed E-state index contributed by atoms with van der Waals surface area (Å²) in [5.74, 6) is 0.497. The van der Waals surface area contributed by atoms with Gasteiger partial charge in [-0.25, -0.2) is 4.39 Å². The Balaban J connectivity index is 2.43. The SMILES string of the molecule is COc1ccccc1CC(C)(O)c1c(F)cccc1OC. The third-order valence-corrected chi connectivity index (χ3v) is 3.46. The predicted molar refractivity (Wildman–Crippen MR) is 79.2 cm³/mol. The maximum Gasteiger partial charge on any atom is 0.133 e. The highest BCUT2D eigenvalue weighted by Gasteiger charge is 2.31. The van der Waals surface area contributed by atoms with Crippen molar-refractivity contribution in [1.29, 1.82) is 0 Å². The molecule has 0 fully saturated rings. The summed E-state index contributed by atoms with van der Waals surface area (Å²) in [6.45, 7) is 1.57. The van der Waals surface area contributed by atoms with Gasteiger partial charge >= 0.3 is 0 Å². The van der Waals surface area contributed by atoms with E-state index in [0.29, 0.717) is 11.5 Å². The molecule has 0 aromatic heterocycles. The van der Waals surface area contributed by atoms with E-state index >= 15 is 0 Å². The van der Waals surface area contributed by atoms with Gasteiger partial charge in [0.2, 0.25) is 0 Å². The summed E-state index contributed by atoms with van der Waals surface area (Å²) < 4.78 is 24.6. The lowest BCUT2D eigenvalue weighted by Crippen LogP contribution is -2.26. The Morgan fingerprint density at radius 3 is 2.29 bits per heavy atom. The Kier molecular flexibility index (Phi) is 4.48. The molecule has 0 spiro atoms. The van der Waals surface area contributed by atoms with E-state index in [9.17, 15) is 9.50 Å². The van der Waals surface area contributed by atoms with E-state index in [1.54, 1.807) is 26.2 Å². The average molecular weight is 290 g/mol. The molecule has 0 saturated carbocycles. The number of rotatable bonds is 5. The molecule has 0 aliphatic heterocycles. The van der Waals surface area contributed by atoms with Crippen molar-refractivity contribution in [2.45, 2.75) is 18.9 Å². The molecule has 4 heteroatoms. The van der Waals surface area contributed by atoms with Gasteiger partial charge in [0.25, 0.3) is 0 Å². The van der Waals surface area contributed by atoms with Crippen molar-refractivity contribution in [2.24, 2.45) is 0 Å². The molecule has 1 unspecified atom stereocenters. The Morgan fingerprint density at radius 2 is 1.62 bits per heavy atom. The number of halogens is 1. The Bertz CT molecular complexity index is 623. The number of para-hydroxylation sites is 1. The van der Waals surface area contributed by atoms with Crippen molar-refractivity contribution in [3.63, 3.8) is 0 Å². The molecule has 2 rings (SSSR count). The van der Waals surface area contributed by atoms with E-state index in [-0.39, 0.29) is 12.0 Å². The van der Waals surface area contributed by atoms with Crippen LogP contribution in [-0.4, -0.2) is 19.3 Å². The van der Waals surface area contributed by atoms with E-state index in [1.807, 2.05) is 24.3 Å². The smallest absolute Gasteiger partial charge is 0.133 e. The van der Waals surface area contributed by atoms with Crippen molar-refractivity contribution < 1.29 is 19.0 Å². The summed E-state index contributed by atoms with van der Waals surface area (Å²) in [5, 5.41) is 10.8. The van der Waals surface area contributed by atoms with Crippen LogP contribution >= 0.6 is 0 Å². The number of benzene rings is 2. The van der Waals surface area contributed by atoms with Gasteiger partial charge in [0.1, 0.15) is 17.3 Å². The number of methoxy groups -OCH3 is 2. The number of ether oxygens (including phenoxy) is 2. The van der Waals surface area contributed by atoms with Gasteiger partial charge in [-0.2, -0.15) is 0 Å². The minimum Gasteiger partial charge on any atom is -0.496 e. The lowest BCUT2D eigenvalue weighted by Gasteiger charge is -2.27. The molecule has 1 N–H and O–H groups in total. The van der Waals surface area contributed by atoms with Crippen LogP contribution in [0, 0.1) is 5.82 Å². The molecule has 0 aliphatic rings. The summed E-state index contributed by atoms with van der Waals surface area (Å²) in [6, 6.07) is 11.9. The van der Waals surface area contributed by atoms with Crippen molar-refractivity contribution in [1.82, 2.24) is 0 Å². The van der Waals surface area contributed by atoms with Crippen LogP contribution in [0.4, 0.5) is 4.39 Å². The van der Waals surface area contributed by atoms with E-state index in [2.05, 4.69) is 0 Å². The largest absolute Gasteiger partial charge is 0.496 e. The predicted octanol–water partition coefficient (Wildman–Crippen LogP) is 3.29. The summed E-state index contributed by atoms with van der Waals surface area (Å²) in [4.78, 5) is 0. The number of aliphatic hydroxyl groups is 1. The van der Waals surface area contributed by atoms with Gasteiger partial charge in [-0.15, -0.1) is 0 Å². The minimum absolute atomic E-state index is 0.151. The minimum atomic E-state index is -1.41. The fourth-order valence-electron chi connectivity index (χ4n) is 2.51. The highest BCUT2D eigenvalue weighted by molar-refractivity contribution is 5.42.